The first kappa shape index (κ1) is 25.6. The number of nitro groups is 1. The highest BCUT2D eigenvalue weighted by Gasteiger charge is 2.35. The highest BCUT2D eigenvalue weighted by molar-refractivity contribution is 6.14. The van der Waals surface area contributed by atoms with Crippen molar-refractivity contribution >= 4 is 35.6 Å². The van der Waals surface area contributed by atoms with Gasteiger partial charge in [-0.15, -0.1) is 0 Å². The Bertz CT molecular complexity index is 1470. The molecule has 1 N–H and O–H groups in total. The van der Waals surface area contributed by atoms with Gasteiger partial charge >= 0.3 is 23.7 Å². The van der Waals surface area contributed by atoms with Gasteiger partial charge in [0.05, 0.1) is 31.3 Å². The van der Waals surface area contributed by atoms with Gasteiger partial charge in [0.1, 0.15) is 17.2 Å². The first-order chi connectivity index (χ1) is 18.2. The number of rotatable bonds is 8. The molecule has 1 aliphatic rings. The van der Waals surface area contributed by atoms with Gasteiger partial charge in [-0.25, -0.2) is 14.4 Å². The largest absolute Gasteiger partial charge is 0.497 e. The first-order valence-corrected chi connectivity index (χ1v) is 10.9. The van der Waals surface area contributed by atoms with Crippen LogP contribution in [0.1, 0.15) is 32.2 Å². The highest BCUT2D eigenvalue weighted by Crippen LogP contribution is 2.34. The van der Waals surface area contributed by atoms with Gasteiger partial charge < -0.3 is 23.9 Å². The molecular weight excluding hydrogens is 502 g/mol. The number of nitrogens with zero attached hydrogens (tertiary/aromatic N) is 2. The molecule has 1 saturated heterocycles. The number of ether oxygens (including phenoxy) is 3. The quantitative estimate of drug-likeness (QED) is 0.116. The van der Waals surface area contributed by atoms with Crippen molar-refractivity contribution < 1.29 is 42.7 Å². The minimum atomic E-state index is -0.885. The number of furan rings is 1. The zero-order valence-corrected chi connectivity index (χ0v) is 20.0. The number of amides is 3. The Hall–Kier alpha value is -5.46. The van der Waals surface area contributed by atoms with Crippen LogP contribution >= 0.6 is 0 Å². The summed E-state index contributed by atoms with van der Waals surface area (Å²) in [6.07, 6.45) is 1.16. The molecule has 0 aliphatic carbocycles. The van der Waals surface area contributed by atoms with Gasteiger partial charge in [0, 0.05) is 11.6 Å². The lowest BCUT2D eigenvalue weighted by Crippen LogP contribution is -2.30. The van der Waals surface area contributed by atoms with E-state index in [0.29, 0.717) is 5.75 Å². The fourth-order valence-corrected chi connectivity index (χ4v) is 3.49. The van der Waals surface area contributed by atoms with Crippen molar-refractivity contribution in [1.82, 2.24) is 10.2 Å². The fourth-order valence-electron chi connectivity index (χ4n) is 3.49. The molecule has 38 heavy (non-hydrogen) atoms. The molecule has 1 fully saturated rings. The molecule has 0 unspecified atom stereocenters. The molecule has 0 atom stereocenters. The molecular formula is C25H19N3O10. The second-order valence-electron chi connectivity index (χ2n) is 7.71. The van der Waals surface area contributed by atoms with Gasteiger partial charge in [-0.3, -0.25) is 19.8 Å². The minimum absolute atomic E-state index is 0.00228. The van der Waals surface area contributed by atoms with Crippen LogP contribution in [-0.4, -0.2) is 47.9 Å². The second-order valence-corrected chi connectivity index (χ2v) is 7.71. The normalized spacial score (nSPS) is 13.8. The number of para-hydroxylation sites is 1. The number of benzene rings is 2. The summed E-state index contributed by atoms with van der Waals surface area (Å²) in [7, 11) is 2.63. The van der Waals surface area contributed by atoms with Crippen molar-refractivity contribution in [3.8, 4) is 11.5 Å². The molecule has 1 aliphatic heterocycles. The predicted molar refractivity (Wildman–Crippen MR) is 128 cm³/mol. The molecule has 13 heteroatoms. The topological polar surface area (TPSA) is 168 Å². The summed E-state index contributed by atoms with van der Waals surface area (Å²) in [5.41, 5.74) is -0.654. The molecule has 194 valence electrons. The lowest BCUT2D eigenvalue weighted by Gasteiger charge is -2.10. The van der Waals surface area contributed by atoms with E-state index in [1.807, 2.05) is 0 Å². The molecule has 3 amide bonds. The third-order valence-corrected chi connectivity index (χ3v) is 5.37. The van der Waals surface area contributed by atoms with E-state index in [2.05, 4.69) is 10.1 Å². The van der Waals surface area contributed by atoms with E-state index < -0.39 is 40.2 Å². The molecule has 2 aromatic carbocycles. The van der Waals surface area contributed by atoms with E-state index in [4.69, 9.17) is 13.9 Å². The lowest BCUT2D eigenvalue weighted by atomic mass is 10.1. The van der Waals surface area contributed by atoms with Crippen LogP contribution in [0, 0.1) is 10.1 Å². The predicted octanol–water partition coefficient (Wildman–Crippen LogP) is 3.30. The monoisotopic (exact) mass is 521 g/mol. The maximum Gasteiger partial charge on any atom is 0.373 e. The van der Waals surface area contributed by atoms with E-state index in [0.717, 1.165) is 17.0 Å². The van der Waals surface area contributed by atoms with Crippen LogP contribution in [0.25, 0.3) is 6.08 Å². The second kappa shape index (κ2) is 10.7. The van der Waals surface area contributed by atoms with Crippen LogP contribution in [0.5, 0.6) is 11.5 Å². The zero-order valence-electron chi connectivity index (χ0n) is 20.0. The Labute approximate surface area is 214 Å². The van der Waals surface area contributed by atoms with E-state index in [1.165, 1.54) is 62.8 Å². The number of carbonyl (C=O) groups excluding carboxylic acids is 4. The number of urea groups is 1. The molecule has 2 heterocycles. The number of nitrogens with one attached hydrogen (secondary N) is 1. The average Bonchev–Trinajstić information content (AvgIpc) is 3.49. The van der Waals surface area contributed by atoms with Crippen LogP contribution < -0.4 is 14.8 Å². The maximum absolute atomic E-state index is 12.9. The molecule has 1 aromatic heterocycles. The van der Waals surface area contributed by atoms with E-state index >= 15 is 0 Å². The average molecular weight is 521 g/mol. The molecule has 0 saturated carbocycles. The zero-order chi connectivity index (χ0) is 27.4. The van der Waals surface area contributed by atoms with Gasteiger partial charge in [0.15, 0.2) is 0 Å². The molecule has 3 aromatic rings. The number of nitro benzene ring substituents is 1. The summed E-state index contributed by atoms with van der Waals surface area (Å²) < 4.78 is 20.3. The van der Waals surface area contributed by atoms with Gasteiger partial charge in [-0.05, 0) is 42.5 Å². The van der Waals surface area contributed by atoms with Crippen molar-refractivity contribution in [2.45, 2.75) is 6.54 Å². The van der Waals surface area contributed by atoms with Crippen molar-refractivity contribution in [3.05, 3.63) is 93.1 Å². The standard InChI is InChI=1S/C25H19N3O10/c1-35-16-8-6-14(7-9-16)23(30)38-21-15(4-3-5-19(21)28(33)34)12-18-22(29)27(25(32)26-18)13-17-10-11-20(37-17)24(31)36-2/h3-12H,13H2,1-2H3,(H,26,32)/b18-12-. The Kier molecular flexibility index (Phi) is 7.19. The molecule has 4 rings (SSSR count). The minimum Gasteiger partial charge on any atom is -0.497 e. The molecule has 0 radical (unpaired) electrons. The summed E-state index contributed by atoms with van der Waals surface area (Å²) >= 11 is 0. The summed E-state index contributed by atoms with van der Waals surface area (Å²) in [6, 6.07) is 11.7. The molecule has 0 spiro atoms. The highest BCUT2D eigenvalue weighted by atomic mass is 16.6. The summed E-state index contributed by atoms with van der Waals surface area (Å²) in [6.45, 7) is -0.298. The molecule has 13 nitrogen and oxygen atoms in total. The lowest BCUT2D eigenvalue weighted by molar-refractivity contribution is -0.385. The Morgan fingerprint density at radius 1 is 1.05 bits per heavy atom. The van der Waals surface area contributed by atoms with Crippen LogP contribution in [0.4, 0.5) is 10.5 Å². The van der Waals surface area contributed by atoms with Crippen molar-refractivity contribution in [3.63, 3.8) is 0 Å². The number of methoxy groups -OCH3 is 2. The maximum atomic E-state index is 12.9. The summed E-state index contributed by atoms with van der Waals surface area (Å²) in [5, 5.41) is 14.0. The number of carbonyl (C=O) groups is 4. The van der Waals surface area contributed by atoms with E-state index in [9.17, 15) is 29.3 Å². The van der Waals surface area contributed by atoms with Crippen molar-refractivity contribution in [2.75, 3.05) is 14.2 Å². The summed E-state index contributed by atoms with van der Waals surface area (Å²) in [4.78, 5) is 61.4. The number of esters is 2. The van der Waals surface area contributed by atoms with Crippen LogP contribution in [0.3, 0.4) is 0 Å². The van der Waals surface area contributed by atoms with Gasteiger partial charge in [-0.2, -0.15) is 0 Å². The van der Waals surface area contributed by atoms with Gasteiger partial charge in [0.25, 0.3) is 5.91 Å². The Morgan fingerprint density at radius 2 is 1.79 bits per heavy atom. The first-order valence-electron chi connectivity index (χ1n) is 10.9. The van der Waals surface area contributed by atoms with Gasteiger partial charge in [0.2, 0.25) is 11.5 Å². The van der Waals surface area contributed by atoms with Crippen LogP contribution in [-0.2, 0) is 16.1 Å². The van der Waals surface area contributed by atoms with E-state index in [1.54, 1.807) is 0 Å². The van der Waals surface area contributed by atoms with Crippen molar-refractivity contribution in [1.29, 1.82) is 0 Å². The Balaban J connectivity index is 1.61. The van der Waals surface area contributed by atoms with E-state index in [-0.39, 0.29) is 34.9 Å². The number of hydrogen-bond acceptors (Lipinski definition) is 10. The third-order valence-electron chi connectivity index (χ3n) is 5.37. The number of imide groups is 1. The third kappa shape index (κ3) is 5.21. The van der Waals surface area contributed by atoms with Crippen LogP contribution in [0.2, 0.25) is 0 Å². The smallest absolute Gasteiger partial charge is 0.373 e. The molecule has 0 bridgehead atoms. The van der Waals surface area contributed by atoms with Gasteiger partial charge in [-0.1, -0.05) is 12.1 Å². The van der Waals surface area contributed by atoms with Crippen molar-refractivity contribution in [2.24, 2.45) is 0 Å². The summed E-state index contributed by atoms with van der Waals surface area (Å²) in [5.74, 6) is -2.27. The van der Waals surface area contributed by atoms with Crippen LogP contribution in [0.15, 0.2) is 64.7 Å². The number of hydrogen-bond donors (Lipinski definition) is 1. The SMILES string of the molecule is COC(=O)c1ccc(CN2C(=O)N/C(=C\c3cccc([N+](=O)[O-])c3OC(=O)c3ccc(OC)cc3)C2=O)o1. The Morgan fingerprint density at radius 3 is 2.45 bits per heavy atom. The fraction of sp³-hybridized carbons (Fsp3) is 0.120.